The number of fused-ring (bicyclic) bond motifs is 1. The van der Waals surface area contributed by atoms with Crippen LogP contribution in [0.2, 0.25) is 0 Å². The van der Waals surface area contributed by atoms with Gasteiger partial charge in [0.2, 0.25) is 5.85 Å². The van der Waals surface area contributed by atoms with Gasteiger partial charge in [0.05, 0.1) is 0 Å². The van der Waals surface area contributed by atoms with Gasteiger partial charge in [0.25, 0.3) is 0 Å². The predicted octanol–water partition coefficient (Wildman–Crippen LogP) is 4.55. The quantitative estimate of drug-likeness (QED) is 0.731. The van der Waals surface area contributed by atoms with Crippen molar-refractivity contribution in [3.63, 3.8) is 0 Å². The van der Waals surface area contributed by atoms with Crippen LogP contribution in [0.15, 0.2) is 12.1 Å². The summed E-state index contributed by atoms with van der Waals surface area (Å²) < 4.78 is 19.6. The molecule has 0 spiro atoms. The number of rotatable bonds is 2. The van der Waals surface area contributed by atoms with E-state index >= 15 is 0 Å². The molecule has 0 amide bonds. The van der Waals surface area contributed by atoms with Crippen molar-refractivity contribution in [1.82, 2.24) is 0 Å². The summed E-state index contributed by atoms with van der Waals surface area (Å²) in [6.07, 6.45) is 0.371. The van der Waals surface area contributed by atoms with Gasteiger partial charge in [-0.2, -0.15) is 4.39 Å². The van der Waals surface area contributed by atoms with Crippen molar-refractivity contribution >= 4 is 0 Å². The molecule has 1 unspecified atom stereocenters. The normalized spacial score (nSPS) is 23.1. The summed E-state index contributed by atoms with van der Waals surface area (Å²) >= 11 is 0. The fraction of sp³-hybridized carbons (Fsp3) is 0.600. The van der Waals surface area contributed by atoms with E-state index in [1.165, 1.54) is 12.5 Å². The van der Waals surface area contributed by atoms with E-state index in [1.807, 2.05) is 0 Å². The Morgan fingerprint density at radius 3 is 2.18 bits per heavy atom. The van der Waals surface area contributed by atoms with E-state index in [1.54, 1.807) is 0 Å². The van der Waals surface area contributed by atoms with Crippen LogP contribution >= 0.6 is 0 Å². The van der Waals surface area contributed by atoms with Gasteiger partial charge in [-0.15, -0.1) is 0 Å². The molecule has 0 bridgehead atoms. The zero-order valence-electron chi connectivity index (χ0n) is 11.3. The highest BCUT2D eigenvalue weighted by Gasteiger charge is 2.38. The third kappa shape index (κ3) is 2.18. The molecular weight excluding hydrogens is 215 g/mol. The molecule has 94 valence electrons. The van der Waals surface area contributed by atoms with Crippen molar-refractivity contribution < 1.29 is 9.13 Å². The maximum atomic E-state index is 14.1. The molecule has 1 aromatic rings. The Kier molecular flexibility index (Phi) is 2.92. The van der Waals surface area contributed by atoms with E-state index in [0.29, 0.717) is 18.3 Å². The summed E-state index contributed by atoms with van der Waals surface area (Å²) in [4.78, 5) is 0. The zero-order valence-corrected chi connectivity index (χ0v) is 11.3. The standard InChI is InChI=1S/C15H21FO/c1-9(2)11-6-7-12(10(3)4)14-13(11)8-15(5,16)17-14/h6-7,9-10H,8H2,1-5H3. The third-order valence-corrected chi connectivity index (χ3v) is 3.38. The average molecular weight is 236 g/mol. The van der Waals surface area contributed by atoms with E-state index in [0.717, 1.165) is 16.9 Å². The van der Waals surface area contributed by atoms with Crippen LogP contribution in [-0.2, 0) is 6.42 Å². The van der Waals surface area contributed by atoms with Crippen LogP contribution in [0.1, 0.15) is 63.1 Å². The van der Waals surface area contributed by atoms with Gasteiger partial charge < -0.3 is 4.74 Å². The van der Waals surface area contributed by atoms with E-state index in [4.69, 9.17) is 4.74 Å². The Hall–Kier alpha value is -1.05. The highest BCUT2D eigenvalue weighted by molar-refractivity contribution is 5.52. The second-order valence-electron chi connectivity index (χ2n) is 5.74. The third-order valence-electron chi connectivity index (χ3n) is 3.38. The molecule has 17 heavy (non-hydrogen) atoms. The number of ether oxygens (including phenoxy) is 1. The summed E-state index contributed by atoms with van der Waals surface area (Å²) in [5.74, 6) is 0.00859. The molecule has 0 saturated carbocycles. The lowest BCUT2D eigenvalue weighted by Crippen LogP contribution is -2.23. The molecule has 1 nitrogen and oxygen atoms in total. The van der Waals surface area contributed by atoms with Crippen molar-refractivity contribution in [3.05, 3.63) is 28.8 Å². The van der Waals surface area contributed by atoms with Gasteiger partial charge in [-0.1, -0.05) is 39.8 Å². The van der Waals surface area contributed by atoms with E-state index in [2.05, 4.69) is 39.8 Å². The molecule has 2 rings (SSSR count). The topological polar surface area (TPSA) is 9.23 Å². The lowest BCUT2D eigenvalue weighted by Gasteiger charge is -2.17. The number of hydrogen-bond acceptors (Lipinski definition) is 1. The maximum absolute atomic E-state index is 14.1. The molecule has 1 aliphatic rings. The molecule has 1 aliphatic heterocycles. The fourth-order valence-electron chi connectivity index (χ4n) is 2.52. The first-order valence-corrected chi connectivity index (χ1v) is 6.35. The summed E-state index contributed by atoms with van der Waals surface area (Å²) in [6.45, 7) is 10.0. The average Bonchev–Trinajstić information content (AvgIpc) is 2.49. The van der Waals surface area contributed by atoms with Crippen LogP contribution in [0.4, 0.5) is 4.39 Å². The zero-order chi connectivity index (χ0) is 12.8. The van der Waals surface area contributed by atoms with Gasteiger partial charge in [-0.05, 0) is 23.0 Å². The SMILES string of the molecule is CC(C)c1ccc(C(C)C)c2c1CC(C)(F)O2. The Morgan fingerprint density at radius 1 is 1.12 bits per heavy atom. The van der Waals surface area contributed by atoms with Gasteiger partial charge >= 0.3 is 0 Å². The monoisotopic (exact) mass is 236 g/mol. The van der Waals surface area contributed by atoms with Crippen LogP contribution < -0.4 is 4.74 Å². The molecule has 0 saturated heterocycles. The first kappa shape index (κ1) is 12.4. The fourth-order valence-corrected chi connectivity index (χ4v) is 2.52. The summed E-state index contributed by atoms with van der Waals surface area (Å²) in [5.41, 5.74) is 3.40. The Balaban J connectivity index is 2.57. The molecule has 2 heteroatoms. The number of hydrogen-bond donors (Lipinski definition) is 0. The number of halogens is 1. The molecule has 0 fully saturated rings. The second-order valence-corrected chi connectivity index (χ2v) is 5.74. The van der Waals surface area contributed by atoms with Crippen LogP contribution in [0.5, 0.6) is 5.75 Å². The highest BCUT2D eigenvalue weighted by atomic mass is 19.2. The molecule has 1 heterocycles. The van der Waals surface area contributed by atoms with Crippen LogP contribution in [-0.4, -0.2) is 5.85 Å². The van der Waals surface area contributed by atoms with Crippen molar-refractivity contribution in [2.75, 3.05) is 0 Å². The first-order chi connectivity index (χ1) is 7.82. The minimum absolute atomic E-state index is 0.360. The van der Waals surface area contributed by atoms with Crippen LogP contribution in [0, 0.1) is 0 Å². The minimum Gasteiger partial charge on any atom is -0.457 e. The largest absolute Gasteiger partial charge is 0.457 e. The summed E-state index contributed by atoms with van der Waals surface area (Å²) in [7, 11) is 0. The van der Waals surface area contributed by atoms with Crippen molar-refractivity contribution in [2.45, 2.75) is 58.7 Å². The van der Waals surface area contributed by atoms with Gasteiger partial charge in [0.15, 0.2) is 0 Å². The second kappa shape index (κ2) is 4.01. The Labute approximate surface area is 103 Å². The van der Waals surface area contributed by atoms with Crippen molar-refractivity contribution in [3.8, 4) is 5.75 Å². The molecule has 1 atom stereocenters. The van der Waals surface area contributed by atoms with Crippen LogP contribution in [0.25, 0.3) is 0 Å². The number of benzene rings is 1. The van der Waals surface area contributed by atoms with Gasteiger partial charge in [-0.3, -0.25) is 0 Å². The predicted molar refractivity (Wildman–Crippen MR) is 68.5 cm³/mol. The Morgan fingerprint density at radius 2 is 1.65 bits per heavy atom. The van der Waals surface area contributed by atoms with E-state index < -0.39 is 5.85 Å². The highest BCUT2D eigenvalue weighted by Crippen LogP contribution is 2.44. The maximum Gasteiger partial charge on any atom is 0.249 e. The number of alkyl halides is 1. The molecule has 0 radical (unpaired) electrons. The minimum atomic E-state index is -1.54. The molecule has 0 aliphatic carbocycles. The smallest absolute Gasteiger partial charge is 0.249 e. The van der Waals surface area contributed by atoms with Crippen molar-refractivity contribution in [2.24, 2.45) is 0 Å². The van der Waals surface area contributed by atoms with E-state index in [9.17, 15) is 4.39 Å². The Bertz CT molecular complexity index is 394. The van der Waals surface area contributed by atoms with Gasteiger partial charge in [-0.25, -0.2) is 0 Å². The summed E-state index contributed by atoms with van der Waals surface area (Å²) in [5, 5.41) is 0. The lowest BCUT2D eigenvalue weighted by molar-refractivity contribution is -0.0241. The molecule has 1 aromatic carbocycles. The molecule has 0 aromatic heterocycles. The van der Waals surface area contributed by atoms with Crippen LogP contribution in [0.3, 0.4) is 0 Å². The lowest BCUT2D eigenvalue weighted by atomic mass is 9.90. The molecule has 0 N–H and O–H groups in total. The molecular formula is C15H21FO. The first-order valence-electron chi connectivity index (χ1n) is 6.35. The summed E-state index contributed by atoms with van der Waals surface area (Å²) in [6, 6.07) is 4.21. The van der Waals surface area contributed by atoms with Crippen molar-refractivity contribution in [1.29, 1.82) is 0 Å². The van der Waals surface area contributed by atoms with E-state index in [-0.39, 0.29) is 0 Å². The van der Waals surface area contributed by atoms with Gasteiger partial charge in [0.1, 0.15) is 5.75 Å². The van der Waals surface area contributed by atoms with Gasteiger partial charge in [0, 0.05) is 18.9 Å².